The predicted molar refractivity (Wildman–Crippen MR) is 114 cm³/mol. The van der Waals surface area contributed by atoms with Gasteiger partial charge in [-0.3, -0.25) is 9.59 Å². The maximum absolute atomic E-state index is 13.9. The van der Waals surface area contributed by atoms with Gasteiger partial charge in [0.05, 0.1) is 5.92 Å². The topological polar surface area (TPSA) is 80.8 Å². The number of sulfonamides is 1. The van der Waals surface area contributed by atoms with Gasteiger partial charge in [0.1, 0.15) is 10.7 Å². The third-order valence-corrected chi connectivity index (χ3v) is 7.63. The number of ether oxygens (including phenoxy) is 1. The number of esters is 1. The van der Waals surface area contributed by atoms with Crippen LogP contribution in [0.1, 0.15) is 41.3 Å². The smallest absolute Gasteiger partial charge is 0.309 e. The van der Waals surface area contributed by atoms with Crippen LogP contribution in [0.25, 0.3) is 0 Å². The summed E-state index contributed by atoms with van der Waals surface area (Å²) in [5.41, 5.74) is 2.53. The summed E-state index contributed by atoms with van der Waals surface area (Å²) < 4.78 is 45.9. The quantitative estimate of drug-likeness (QED) is 0.499. The van der Waals surface area contributed by atoms with Gasteiger partial charge in [0.2, 0.25) is 15.8 Å². The number of hydrogen-bond donors (Lipinski definition) is 0. The SMILES string of the molecule is Cc1ccc(C(=O)C(C)OC(=O)C2CCN(S(=O)(=O)c3ccccc3F)CC2)cc1C. The third-order valence-electron chi connectivity index (χ3n) is 5.70. The van der Waals surface area contributed by atoms with E-state index in [2.05, 4.69) is 0 Å². The van der Waals surface area contributed by atoms with Gasteiger partial charge in [-0.15, -0.1) is 0 Å². The first-order chi connectivity index (χ1) is 14.6. The normalized spacial score (nSPS) is 16.6. The summed E-state index contributed by atoms with van der Waals surface area (Å²) in [7, 11) is -3.97. The minimum atomic E-state index is -3.97. The van der Waals surface area contributed by atoms with Crippen LogP contribution in [0.5, 0.6) is 0 Å². The minimum absolute atomic E-state index is 0.0793. The summed E-state index contributed by atoms with van der Waals surface area (Å²) in [4.78, 5) is 24.8. The van der Waals surface area contributed by atoms with Crippen LogP contribution in [-0.4, -0.2) is 43.7 Å². The van der Waals surface area contributed by atoms with E-state index in [0.29, 0.717) is 5.56 Å². The maximum Gasteiger partial charge on any atom is 0.309 e. The summed E-state index contributed by atoms with van der Waals surface area (Å²) in [5, 5.41) is 0. The second-order valence-corrected chi connectivity index (χ2v) is 9.76. The van der Waals surface area contributed by atoms with Gasteiger partial charge in [0.15, 0.2) is 6.10 Å². The van der Waals surface area contributed by atoms with Gasteiger partial charge in [0, 0.05) is 18.7 Å². The van der Waals surface area contributed by atoms with E-state index in [9.17, 15) is 22.4 Å². The molecule has 1 atom stereocenters. The van der Waals surface area contributed by atoms with Crippen molar-refractivity contribution in [2.75, 3.05) is 13.1 Å². The van der Waals surface area contributed by atoms with Gasteiger partial charge in [0.25, 0.3) is 0 Å². The zero-order valence-electron chi connectivity index (χ0n) is 17.8. The monoisotopic (exact) mass is 447 g/mol. The molecular weight excluding hydrogens is 421 g/mol. The van der Waals surface area contributed by atoms with Crippen molar-refractivity contribution in [1.82, 2.24) is 4.31 Å². The molecule has 8 heteroatoms. The Labute approximate surface area is 182 Å². The third kappa shape index (κ3) is 5.02. The molecule has 1 saturated heterocycles. The van der Waals surface area contributed by atoms with Gasteiger partial charge in [-0.05, 0) is 62.9 Å². The molecule has 1 heterocycles. The molecule has 2 aromatic carbocycles. The summed E-state index contributed by atoms with van der Waals surface area (Å²) >= 11 is 0. The minimum Gasteiger partial charge on any atom is -0.454 e. The Morgan fingerprint density at radius 1 is 1.06 bits per heavy atom. The lowest BCUT2D eigenvalue weighted by Gasteiger charge is -2.30. The van der Waals surface area contributed by atoms with Crippen molar-refractivity contribution in [3.05, 3.63) is 65.0 Å². The molecule has 0 spiro atoms. The van der Waals surface area contributed by atoms with E-state index < -0.39 is 33.8 Å². The van der Waals surface area contributed by atoms with E-state index in [1.807, 2.05) is 19.9 Å². The van der Waals surface area contributed by atoms with Crippen molar-refractivity contribution in [3.8, 4) is 0 Å². The van der Waals surface area contributed by atoms with Crippen LogP contribution >= 0.6 is 0 Å². The van der Waals surface area contributed by atoms with E-state index >= 15 is 0 Å². The zero-order valence-corrected chi connectivity index (χ0v) is 18.6. The lowest BCUT2D eigenvalue weighted by molar-refractivity contribution is -0.152. The van der Waals surface area contributed by atoms with Crippen LogP contribution in [0.15, 0.2) is 47.4 Å². The first kappa shape index (κ1) is 23.1. The number of benzene rings is 2. The molecule has 6 nitrogen and oxygen atoms in total. The molecule has 0 radical (unpaired) electrons. The molecule has 0 aromatic heterocycles. The van der Waals surface area contributed by atoms with Crippen molar-refractivity contribution in [2.45, 2.75) is 44.6 Å². The van der Waals surface area contributed by atoms with Crippen LogP contribution in [-0.2, 0) is 19.6 Å². The second kappa shape index (κ2) is 9.28. The van der Waals surface area contributed by atoms with Gasteiger partial charge in [-0.2, -0.15) is 4.31 Å². The highest BCUT2D eigenvalue weighted by molar-refractivity contribution is 7.89. The lowest BCUT2D eigenvalue weighted by atomic mass is 9.98. The molecule has 0 N–H and O–H groups in total. The average Bonchev–Trinajstić information content (AvgIpc) is 2.75. The van der Waals surface area contributed by atoms with E-state index in [0.717, 1.165) is 17.2 Å². The highest BCUT2D eigenvalue weighted by atomic mass is 32.2. The molecule has 1 fully saturated rings. The predicted octanol–water partition coefficient (Wildman–Crippen LogP) is 3.66. The van der Waals surface area contributed by atoms with Crippen molar-refractivity contribution in [1.29, 1.82) is 0 Å². The molecule has 0 saturated carbocycles. The molecule has 31 heavy (non-hydrogen) atoms. The molecule has 0 amide bonds. The first-order valence-electron chi connectivity index (χ1n) is 10.2. The van der Waals surface area contributed by atoms with Crippen LogP contribution < -0.4 is 0 Å². The molecular formula is C23H26FNO5S. The van der Waals surface area contributed by atoms with Gasteiger partial charge < -0.3 is 4.74 Å². The Hall–Kier alpha value is -2.58. The number of carbonyl (C=O) groups excluding carboxylic acids is 2. The Balaban J connectivity index is 1.59. The zero-order chi connectivity index (χ0) is 22.8. The van der Waals surface area contributed by atoms with E-state index in [-0.39, 0.29) is 36.6 Å². The van der Waals surface area contributed by atoms with Crippen LogP contribution in [0, 0.1) is 25.6 Å². The van der Waals surface area contributed by atoms with Gasteiger partial charge in [-0.25, -0.2) is 12.8 Å². The maximum atomic E-state index is 13.9. The molecule has 2 aromatic rings. The largest absolute Gasteiger partial charge is 0.454 e. The number of hydrogen-bond acceptors (Lipinski definition) is 5. The fourth-order valence-corrected chi connectivity index (χ4v) is 5.11. The molecule has 1 aliphatic rings. The van der Waals surface area contributed by atoms with Gasteiger partial charge >= 0.3 is 5.97 Å². The number of rotatable bonds is 6. The first-order valence-corrected chi connectivity index (χ1v) is 11.6. The Morgan fingerprint density at radius 3 is 2.32 bits per heavy atom. The summed E-state index contributed by atoms with van der Waals surface area (Å²) in [5.74, 6) is -2.12. The molecule has 1 aliphatic heterocycles. The number of Topliss-reactive ketones (excluding diaryl/α,β-unsaturated/α-hetero) is 1. The Morgan fingerprint density at radius 2 is 1.71 bits per heavy atom. The fraction of sp³-hybridized carbons (Fsp3) is 0.391. The second-order valence-electron chi connectivity index (χ2n) is 7.85. The number of halogens is 1. The van der Waals surface area contributed by atoms with Crippen molar-refractivity contribution in [2.24, 2.45) is 5.92 Å². The van der Waals surface area contributed by atoms with Crippen LogP contribution in [0.2, 0.25) is 0 Å². The molecule has 0 aliphatic carbocycles. The number of ketones is 1. The Bertz CT molecular complexity index is 1090. The summed E-state index contributed by atoms with van der Waals surface area (Å²) in [6, 6.07) is 10.6. The van der Waals surface area contributed by atoms with Crippen molar-refractivity contribution in [3.63, 3.8) is 0 Å². The van der Waals surface area contributed by atoms with E-state index in [4.69, 9.17) is 4.74 Å². The van der Waals surface area contributed by atoms with Crippen molar-refractivity contribution >= 4 is 21.8 Å². The molecule has 3 rings (SSSR count). The number of piperidine rings is 1. The number of aryl methyl sites for hydroxylation is 2. The highest BCUT2D eigenvalue weighted by Gasteiger charge is 2.35. The summed E-state index contributed by atoms with van der Waals surface area (Å²) in [6.07, 6.45) is -0.441. The van der Waals surface area contributed by atoms with E-state index in [1.165, 1.54) is 29.4 Å². The summed E-state index contributed by atoms with van der Waals surface area (Å²) in [6.45, 7) is 5.55. The van der Waals surface area contributed by atoms with Crippen LogP contribution in [0.3, 0.4) is 0 Å². The molecule has 1 unspecified atom stereocenters. The standard InChI is InChI=1S/C23H26FNO5S/c1-15-8-9-19(14-16(15)2)22(26)17(3)30-23(27)18-10-12-25(13-11-18)31(28,29)21-7-5-4-6-20(21)24/h4-9,14,17-18H,10-13H2,1-3H3. The molecule has 0 bridgehead atoms. The van der Waals surface area contributed by atoms with E-state index in [1.54, 1.807) is 12.1 Å². The number of carbonyl (C=O) groups is 2. The highest BCUT2D eigenvalue weighted by Crippen LogP contribution is 2.26. The number of nitrogens with zero attached hydrogens (tertiary/aromatic N) is 1. The average molecular weight is 448 g/mol. The van der Waals surface area contributed by atoms with Crippen LogP contribution in [0.4, 0.5) is 4.39 Å². The lowest BCUT2D eigenvalue weighted by Crippen LogP contribution is -2.41. The van der Waals surface area contributed by atoms with Gasteiger partial charge in [-0.1, -0.05) is 24.3 Å². The van der Waals surface area contributed by atoms with Crippen molar-refractivity contribution < 1.29 is 27.1 Å². The Kier molecular flexibility index (Phi) is 6.91. The fourth-order valence-electron chi connectivity index (χ4n) is 3.58. The molecule has 166 valence electrons.